The lowest BCUT2D eigenvalue weighted by Crippen LogP contribution is -2.45. The van der Waals surface area contributed by atoms with Crippen molar-refractivity contribution in [3.8, 4) is 12.3 Å². The van der Waals surface area contributed by atoms with Gasteiger partial charge < -0.3 is 14.8 Å². The minimum atomic E-state index is -0.761. The predicted molar refractivity (Wildman–Crippen MR) is 71.3 cm³/mol. The van der Waals surface area contributed by atoms with Crippen molar-refractivity contribution >= 4 is 23.8 Å². The van der Waals surface area contributed by atoms with Crippen molar-refractivity contribution in [1.29, 1.82) is 0 Å². The third kappa shape index (κ3) is 7.85. The first-order valence-electron chi connectivity index (χ1n) is 5.38. The summed E-state index contributed by atoms with van der Waals surface area (Å²) in [5, 5.41) is 2.46. The van der Waals surface area contributed by atoms with Gasteiger partial charge in [0.15, 0.2) is 0 Å². The second-order valence-corrected chi connectivity index (χ2v) is 5.47. The Morgan fingerprint density at radius 3 is 2.50 bits per heavy atom. The summed E-state index contributed by atoms with van der Waals surface area (Å²) >= 11 is 1.36. The summed E-state index contributed by atoms with van der Waals surface area (Å²) in [6.07, 6.45) is 4.46. The van der Waals surface area contributed by atoms with Crippen molar-refractivity contribution in [2.75, 3.05) is 18.6 Å². The van der Waals surface area contributed by atoms with Gasteiger partial charge in [0, 0.05) is 5.75 Å². The number of thioether (sulfide) groups is 1. The van der Waals surface area contributed by atoms with Gasteiger partial charge in [-0.3, -0.25) is 0 Å². The zero-order chi connectivity index (χ0) is 14.2. The molecule has 0 saturated carbocycles. The maximum Gasteiger partial charge on any atom is 0.408 e. The lowest BCUT2D eigenvalue weighted by molar-refractivity contribution is -0.142. The number of methoxy groups -OCH3 is 1. The monoisotopic (exact) mass is 273 g/mol. The van der Waals surface area contributed by atoms with Crippen molar-refractivity contribution in [1.82, 2.24) is 5.32 Å². The number of hydrogen-bond acceptors (Lipinski definition) is 5. The van der Waals surface area contributed by atoms with E-state index >= 15 is 0 Å². The van der Waals surface area contributed by atoms with Gasteiger partial charge in [0.25, 0.3) is 0 Å². The maximum absolute atomic E-state index is 11.5. The number of ether oxygens (including phenoxy) is 2. The van der Waals surface area contributed by atoms with E-state index in [4.69, 9.17) is 11.2 Å². The number of hydrogen-bond donors (Lipinski definition) is 1. The van der Waals surface area contributed by atoms with Crippen LogP contribution in [-0.4, -0.2) is 42.3 Å². The van der Waals surface area contributed by atoms with Crippen LogP contribution in [-0.2, 0) is 14.3 Å². The van der Waals surface area contributed by atoms with Crippen molar-refractivity contribution in [3.05, 3.63) is 0 Å². The van der Waals surface area contributed by atoms with E-state index in [1.807, 2.05) is 0 Å². The summed E-state index contributed by atoms with van der Waals surface area (Å²) in [4.78, 5) is 23.0. The molecule has 0 aliphatic rings. The van der Waals surface area contributed by atoms with Gasteiger partial charge in [0.2, 0.25) is 0 Å². The summed E-state index contributed by atoms with van der Waals surface area (Å²) < 4.78 is 9.66. The molecular weight excluding hydrogens is 254 g/mol. The highest BCUT2D eigenvalue weighted by molar-refractivity contribution is 7.99. The van der Waals surface area contributed by atoms with Crippen LogP contribution in [0.5, 0.6) is 0 Å². The van der Waals surface area contributed by atoms with Crippen molar-refractivity contribution in [3.63, 3.8) is 0 Å². The normalized spacial score (nSPS) is 12.2. The molecule has 5 nitrogen and oxygen atoms in total. The highest BCUT2D eigenvalue weighted by atomic mass is 32.2. The van der Waals surface area contributed by atoms with Crippen LogP contribution in [0.1, 0.15) is 20.8 Å². The molecule has 0 fully saturated rings. The standard InChI is InChI=1S/C12H19NO4S/c1-6-7-18-8-9(10(14)16-5)13-11(15)17-12(2,3)4/h1,9H,7-8H2,2-5H3,(H,13,15). The van der Waals surface area contributed by atoms with Crippen molar-refractivity contribution < 1.29 is 19.1 Å². The summed E-state index contributed by atoms with van der Waals surface area (Å²) in [7, 11) is 1.26. The van der Waals surface area contributed by atoms with Crippen LogP contribution in [0.4, 0.5) is 4.79 Å². The number of terminal acetylenes is 1. The molecule has 102 valence electrons. The predicted octanol–water partition coefficient (Wildman–Crippen LogP) is 1.42. The largest absolute Gasteiger partial charge is 0.467 e. The fourth-order valence-corrected chi connectivity index (χ4v) is 1.69. The van der Waals surface area contributed by atoms with Gasteiger partial charge in [0.1, 0.15) is 11.6 Å². The fourth-order valence-electron chi connectivity index (χ4n) is 0.996. The molecule has 6 heteroatoms. The Bertz CT molecular complexity index is 330. The van der Waals surface area contributed by atoms with Crippen molar-refractivity contribution in [2.24, 2.45) is 0 Å². The molecule has 0 aromatic heterocycles. The summed E-state index contributed by atoms with van der Waals surface area (Å²) in [6.45, 7) is 5.23. The average molecular weight is 273 g/mol. The molecule has 18 heavy (non-hydrogen) atoms. The Labute approximate surface area is 112 Å². The Morgan fingerprint density at radius 1 is 1.44 bits per heavy atom. The molecule has 0 aliphatic carbocycles. The number of alkyl carbamates (subject to hydrolysis) is 1. The first-order chi connectivity index (χ1) is 8.30. The highest BCUT2D eigenvalue weighted by Gasteiger charge is 2.24. The number of esters is 1. The lowest BCUT2D eigenvalue weighted by atomic mass is 10.2. The van der Waals surface area contributed by atoms with Crippen LogP contribution >= 0.6 is 11.8 Å². The molecule has 0 aromatic rings. The van der Waals surface area contributed by atoms with E-state index in [2.05, 4.69) is 16.0 Å². The summed E-state index contributed by atoms with van der Waals surface area (Å²) in [5.74, 6) is 2.72. The average Bonchev–Trinajstić information content (AvgIpc) is 2.24. The van der Waals surface area contributed by atoms with Crippen LogP contribution in [0.25, 0.3) is 0 Å². The van der Waals surface area contributed by atoms with Gasteiger partial charge >= 0.3 is 12.1 Å². The minimum Gasteiger partial charge on any atom is -0.467 e. The molecule has 0 aromatic carbocycles. The van der Waals surface area contributed by atoms with Crippen LogP contribution < -0.4 is 5.32 Å². The smallest absolute Gasteiger partial charge is 0.408 e. The lowest BCUT2D eigenvalue weighted by Gasteiger charge is -2.22. The van der Waals surface area contributed by atoms with E-state index in [9.17, 15) is 9.59 Å². The van der Waals surface area contributed by atoms with Crippen LogP contribution in [0, 0.1) is 12.3 Å². The third-order valence-electron chi connectivity index (χ3n) is 1.65. The molecule has 0 bridgehead atoms. The van der Waals surface area contributed by atoms with Crippen molar-refractivity contribution in [2.45, 2.75) is 32.4 Å². The van der Waals surface area contributed by atoms with Gasteiger partial charge in [-0.25, -0.2) is 9.59 Å². The van der Waals surface area contributed by atoms with Crippen LogP contribution in [0.2, 0.25) is 0 Å². The van der Waals surface area contributed by atoms with Gasteiger partial charge in [-0.15, -0.1) is 18.2 Å². The minimum absolute atomic E-state index is 0.343. The summed E-state index contributed by atoms with van der Waals surface area (Å²) in [6, 6.07) is -0.761. The quantitative estimate of drug-likeness (QED) is 0.466. The Kier molecular flexibility index (Phi) is 7.29. The van der Waals surface area contributed by atoms with Gasteiger partial charge in [-0.1, -0.05) is 5.92 Å². The first kappa shape index (κ1) is 16.6. The molecule has 1 N–H and O–H groups in total. The molecule has 0 saturated heterocycles. The first-order valence-corrected chi connectivity index (χ1v) is 6.54. The zero-order valence-electron chi connectivity index (χ0n) is 11.1. The molecule has 0 aliphatic heterocycles. The van der Waals surface area contributed by atoms with E-state index in [1.54, 1.807) is 20.8 Å². The van der Waals surface area contributed by atoms with E-state index < -0.39 is 23.7 Å². The van der Waals surface area contributed by atoms with Gasteiger partial charge in [-0.05, 0) is 20.8 Å². The van der Waals surface area contributed by atoms with E-state index in [-0.39, 0.29) is 0 Å². The molecule has 1 amide bonds. The molecule has 0 radical (unpaired) electrons. The topological polar surface area (TPSA) is 64.6 Å². The Morgan fingerprint density at radius 2 is 2.06 bits per heavy atom. The Balaban J connectivity index is 4.36. The molecule has 1 unspecified atom stereocenters. The SMILES string of the molecule is C#CCSCC(NC(=O)OC(C)(C)C)C(=O)OC. The van der Waals surface area contributed by atoms with E-state index in [1.165, 1.54) is 18.9 Å². The van der Waals surface area contributed by atoms with Gasteiger partial charge in [-0.2, -0.15) is 0 Å². The van der Waals surface area contributed by atoms with Crippen LogP contribution in [0.3, 0.4) is 0 Å². The second kappa shape index (κ2) is 7.88. The highest BCUT2D eigenvalue weighted by Crippen LogP contribution is 2.08. The number of nitrogens with one attached hydrogen (secondary N) is 1. The zero-order valence-corrected chi connectivity index (χ0v) is 11.9. The third-order valence-corrected chi connectivity index (χ3v) is 2.59. The molecule has 0 heterocycles. The second-order valence-electron chi connectivity index (χ2n) is 4.44. The maximum atomic E-state index is 11.5. The molecule has 1 atom stereocenters. The summed E-state index contributed by atoms with van der Waals surface area (Å²) in [5.41, 5.74) is -0.614. The number of amides is 1. The fraction of sp³-hybridized carbons (Fsp3) is 0.667. The molecular formula is C12H19NO4S. The number of carbonyl (C=O) groups is 2. The Hall–Kier alpha value is -1.35. The van der Waals surface area contributed by atoms with Crippen LogP contribution in [0.15, 0.2) is 0 Å². The number of carbonyl (C=O) groups excluding carboxylic acids is 2. The molecule has 0 rings (SSSR count). The number of rotatable bonds is 5. The van der Waals surface area contributed by atoms with E-state index in [0.29, 0.717) is 11.5 Å². The van der Waals surface area contributed by atoms with Gasteiger partial charge in [0.05, 0.1) is 12.9 Å². The van der Waals surface area contributed by atoms with E-state index in [0.717, 1.165) is 0 Å². The molecule has 0 spiro atoms.